The van der Waals surface area contributed by atoms with Crippen molar-refractivity contribution in [3.05, 3.63) is 42.1 Å². The third kappa shape index (κ3) is 2.63. The van der Waals surface area contributed by atoms with Crippen LogP contribution in [0.4, 0.5) is 0 Å². The van der Waals surface area contributed by atoms with Gasteiger partial charge >= 0.3 is 0 Å². The molecule has 1 aliphatic heterocycles. The summed E-state index contributed by atoms with van der Waals surface area (Å²) < 4.78 is 0. The Kier molecular flexibility index (Phi) is 3.41. The molecule has 4 heteroatoms. The van der Waals surface area contributed by atoms with Gasteiger partial charge in [-0.05, 0) is 32.4 Å². The molecule has 2 aromatic rings. The van der Waals surface area contributed by atoms with Crippen molar-refractivity contribution >= 4 is 16.8 Å². The minimum absolute atomic E-state index is 0.0281. The molecular weight excluding hydrogens is 264 g/mol. The number of rotatable bonds is 2. The summed E-state index contributed by atoms with van der Waals surface area (Å²) in [6.45, 7) is 4.93. The normalized spacial score (nSPS) is 19.2. The summed E-state index contributed by atoms with van der Waals surface area (Å²) in [5.41, 5.74) is 0.786. The number of aromatic nitrogens is 1. The molecule has 2 heterocycles. The third-order valence-electron chi connectivity index (χ3n) is 4.35. The largest absolute Gasteiger partial charge is 0.390 e. The zero-order chi connectivity index (χ0) is 15.0. The summed E-state index contributed by atoms with van der Waals surface area (Å²) in [5.74, 6) is 0.162. The van der Waals surface area contributed by atoms with Gasteiger partial charge in [0, 0.05) is 30.6 Å². The first kappa shape index (κ1) is 14.0. The molecule has 1 amide bonds. The lowest BCUT2D eigenvalue weighted by Crippen LogP contribution is -2.35. The smallest absolute Gasteiger partial charge is 0.254 e. The van der Waals surface area contributed by atoms with E-state index in [-0.39, 0.29) is 11.8 Å². The van der Waals surface area contributed by atoms with Crippen LogP contribution in [0.2, 0.25) is 0 Å². The second kappa shape index (κ2) is 5.11. The van der Waals surface area contributed by atoms with E-state index in [1.54, 1.807) is 12.3 Å². The van der Waals surface area contributed by atoms with Gasteiger partial charge in [-0.3, -0.25) is 9.78 Å². The predicted octanol–water partition coefficient (Wildman–Crippen LogP) is 2.47. The van der Waals surface area contributed by atoms with Crippen LogP contribution in [-0.2, 0) is 0 Å². The zero-order valence-electron chi connectivity index (χ0n) is 12.4. The Morgan fingerprint density at radius 3 is 2.81 bits per heavy atom. The Hall–Kier alpha value is -1.94. The summed E-state index contributed by atoms with van der Waals surface area (Å²) in [6, 6.07) is 9.46. The van der Waals surface area contributed by atoms with Crippen LogP contribution in [-0.4, -0.2) is 39.6 Å². The van der Waals surface area contributed by atoms with Crippen LogP contribution < -0.4 is 0 Å². The van der Waals surface area contributed by atoms with E-state index >= 15 is 0 Å². The molecule has 0 saturated carbocycles. The van der Waals surface area contributed by atoms with E-state index in [1.165, 1.54) is 0 Å². The molecule has 1 aromatic carbocycles. The summed E-state index contributed by atoms with van der Waals surface area (Å²) >= 11 is 0. The van der Waals surface area contributed by atoms with Gasteiger partial charge in [-0.15, -0.1) is 0 Å². The molecule has 1 saturated heterocycles. The molecule has 1 aromatic heterocycles. The molecule has 3 rings (SSSR count). The minimum Gasteiger partial charge on any atom is -0.390 e. The van der Waals surface area contributed by atoms with Crippen LogP contribution in [0.15, 0.2) is 36.5 Å². The number of likely N-dealkylation sites (tertiary alicyclic amines) is 1. The molecule has 4 nitrogen and oxygen atoms in total. The molecule has 1 fully saturated rings. The van der Waals surface area contributed by atoms with E-state index in [9.17, 15) is 9.90 Å². The van der Waals surface area contributed by atoms with Gasteiger partial charge in [-0.25, -0.2) is 0 Å². The number of hydrogen-bond acceptors (Lipinski definition) is 3. The lowest BCUT2D eigenvalue weighted by Gasteiger charge is -2.25. The maximum absolute atomic E-state index is 12.7. The predicted molar refractivity (Wildman–Crippen MR) is 82.1 cm³/mol. The van der Waals surface area contributed by atoms with E-state index in [1.807, 2.05) is 43.0 Å². The lowest BCUT2D eigenvalue weighted by molar-refractivity contribution is 0.0211. The number of benzene rings is 1. The van der Waals surface area contributed by atoms with E-state index in [0.29, 0.717) is 18.7 Å². The fourth-order valence-corrected chi connectivity index (χ4v) is 2.97. The van der Waals surface area contributed by atoms with Crippen LogP contribution >= 0.6 is 0 Å². The molecular formula is C17H20N2O2. The van der Waals surface area contributed by atoms with E-state index in [2.05, 4.69) is 4.98 Å². The van der Waals surface area contributed by atoms with E-state index in [0.717, 1.165) is 17.3 Å². The van der Waals surface area contributed by atoms with Crippen molar-refractivity contribution in [3.63, 3.8) is 0 Å². The highest BCUT2D eigenvalue weighted by molar-refractivity contribution is 6.06. The first-order valence-electron chi connectivity index (χ1n) is 7.32. The Balaban J connectivity index is 1.89. The number of nitrogens with zero attached hydrogens (tertiary/aromatic N) is 2. The Morgan fingerprint density at radius 1 is 1.33 bits per heavy atom. The SMILES string of the molecule is CC(C)(O)[C@H]1CCN(C(=O)c2ccnc3ccccc23)C1. The van der Waals surface area contributed by atoms with Crippen molar-refractivity contribution < 1.29 is 9.90 Å². The molecule has 21 heavy (non-hydrogen) atoms. The minimum atomic E-state index is -0.741. The number of pyridine rings is 1. The molecule has 0 radical (unpaired) electrons. The van der Waals surface area contributed by atoms with Gasteiger partial charge < -0.3 is 10.0 Å². The maximum Gasteiger partial charge on any atom is 0.254 e. The number of fused-ring (bicyclic) bond motifs is 1. The maximum atomic E-state index is 12.7. The van der Waals surface area contributed by atoms with Gasteiger partial charge in [0.05, 0.1) is 16.7 Å². The van der Waals surface area contributed by atoms with Crippen molar-refractivity contribution in [2.75, 3.05) is 13.1 Å². The number of para-hydroxylation sites is 1. The van der Waals surface area contributed by atoms with E-state index in [4.69, 9.17) is 0 Å². The zero-order valence-corrected chi connectivity index (χ0v) is 12.4. The second-order valence-corrected chi connectivity index (χ2v) is 6.27. The number of carbonyl (C=O) groups is 1. The Morgan fingerprint density at radius 2 is 2.10 bits per heavy atom. The summed E-state index contributed by atoms with van der Waals surface area (Å²) in [4.78, 5) is 18.9. The average molecular weight is 284 g/mol. The lowest BCUT2D eigenvalue weighted by atomic mass is 9.90. The molecule has 1 aliphatic rings. The second-order valence-electron chi connectivity index (χ2n) is 6.27. The molecule has 0 unspecified atom stereocenters. The average Bonchev–Trinajstić information content (AvgIpc) is 2.96. The van der Waals surface area contributed by atoms with Crippen molar-refractivity contribution in [3.8, 4) is 0 Å². The summed E-state index contributed by atoms with van der Waals surface area (Å²) in [6.07, 6.45) is 2.53. The third-order valence-corrected chi connectivity index (χ3v) is 4.35. The van der Waals surface area contributed by atoms with Gasteiger partial charge in [-0.1, -0.05) is 18.2 Å². The fraction of sp³-hybridized carbons (Fsp3) is 0.412. The fourth-order valence-electron chi connectivity index (χ4n) is 2.97. The molecule has 1 N–H and O–H groups in total. The highest BCUT2D eigenvalue weighted by Crippen LogP contribution is 2.29. The van der Waals surface area contributed by atoms with Crippen LogP contribution in [0.1, 0.15) is 30.6 Å². The first-order chi connectivity index (χ1) is 9.97. The molecule has 0 aliphatic carbocycles. The van der Waals surface area contributed by atoms with Crippen LogP contribution in [0.3, 0.4) is 0 Å². The van der Waals surface area contributed by atoms with Crippen molar-refractivity contribution in [1.29, 1.82) is 0 Å². The van der Waals surface area contributed by atoms with Gasteiger partial charge in [0.1, 0.15) is 0 Å². The topological polar surface area (TPSA) is 53.4 Å². The highest BCUT2D eigenvalue weighted by Gasteiger charge is 2.35. The Labute approximate surface area is 124 Å². The van der Waals surface area contributed by atoms with E-state index < -0.39 is 5.60 Å². The number of hydrogen-bond donors (Lipinski definition) is 1. The van der Waals surface area contributed by atoms with Gasteiger partial charge in [0.25, 0.3) is 5.91 Å². The highest BCUT2D eigenvalue weighted by atomic mass is 16.3. The number of aliphatic hydroxyl groups is 1. The number of carbonyl (C=O) groups excluding carboxylic acids is 1. The quantitative estimate of drug-likeness (QED) is 0.921. The van der Waals surface area contributed by atoms with Gasteiger partial charge in [-0.2, -0.15) is 0 Å². The molecule has 0 bridgehead atoms. The van der Waals surface area contributed by atoms with Crippen LogP contribution in [0.5, 0.6) is 0 Å². The molecule has 1 atom stereocenters. The molecule has 0 spiro atoms. The monoisotopic (exact) mass is 284 g/mol. The summed E-state index contributed by atoms with van der Waals surface area (Å²) in [5, 5.41) is 11.0. The van der Waals surface area contributed by atoms with Gasteiger partial charge in [0.2, 0.25) is 0 Å². The van der Waals surface area contributed by atoms with Crippen molar-refractivity contribution in [2.45, 2.75) is 25.9 Å². The van der Waals surface area contributed by atoms with Crippen molar-refractivity contribution in [1.82, 2.24) is 9.88 Å². The summed E-state index contributed by atoms with van der Waals surface area (Å²) in [7, 11) is 0. The number of amides is 1. The van der Waals surface area contributed by atoms with Crippen LogP contribution in [0, 0.1) is 5.92 Å². The van der Waals surface area contributed by atoms with Crippen LogP contribution in [0.25, 0.3) is 10.9 Å². The van der Waals surface area contributed by atoms with Crippen molar-refractivity contribution in [2.24, 2.45) is 5.92 Å². The Bertz CT molecular complexity index is 671. The molecule has 110 valence electrons. The first-order valence-corrected chi connectivity index (χ1v) is 7.32. The van der Waals surface area contributed by atoms with Gasteiger partial charge in [0.15, 0.2) is 0 Å². The standard InChI is InChI=1S/C17H20N2O2/c1-17(2,21)12-8-10-19(11-12)16(20)14-7-9-18-15-6-4-3-5-13(14)15/h3-7,9,12,21H,8,10-11H2,1-2H3/t12-/m0/s1.